The quantitative estimate of drug-likeness (QED) is 0.838. The number of hydrogen-bond donors (Lipinski definition) is 2. The number of amides is 1. The van der Waals surface area contributed by atoms with Crippen LogP contribution in [0.4, 0.5) is 0 Å². The highest BCUT2D eigenvalue weighted by Gasteiger charge is 2.21. The van der Waals surface area contributed by atoms with E-state index in [1.165, 1.54) is 5.75 Å². The van der Waals surface area contributed by atoms with Crippen molar-refractivity contribution in [2.75, 3.05) is 31.6 Å². The van der Waals surface area contributed by atoms with Crippen LogP contribution < -0.4 is 5.32 Å². The molecule has 2 aromatic heterocycles. The van der Waals surface area contributed by atoms with Crippen LogP contribution in [0.1, 0.15) is 23.3 Å². The van der Waals surface area contributed by atoms with Crippen LogP contribution in [0.2, 0.25) is 0 Å². The molecular weight excluding hydrogens is 322 g/mol. The Hall–Kier alpha value is -1.86. The maximum atomic E-state index is 12.4. The number of carbonyl (C=O) groups is 1. The van der Waals surface area contributed by atoms with Crippen LogP contribution in [0.3, 0.4) is 0 Å². The monoisotopic (exact) mass is 345 g/mol. The molecule has 0 saturated carbocycles. The van der Waals surface area contributed by atoms with Crippen molar-refractivity contribution in [3.05, 3.63) is 36.3 Å². The van der Waals surface area contributed by atoms with Gasteiger partial charge in [-0.3, -0.25) is 14.9 Å². The van der Waals surface area contributed by atoms with E-state index < -0.39 is 0 Å². The minimum Gasteiger partial charge on any atom is -0.348 e. The van der Waals surface area contributed by atoms with Crippen molar-refractivity contribution in [3.8, 4) is 11.3 Å². The van der Waals surface area contributed by atoms with Crippen molar-refractivity contribution < 1.29 is 4.79 Å². The molecule has 0 radical (unpaired) electrons. The molecule has 1 fully saturated rings. The normalized spacial score (nSPS) is 16.2. The zero-order valence-corrected chi connectivity index (χ0v) is 14.7. The van der Waals surface area contributed by atoms with Gasteiger partial charge in [-0.15, -0.1) is 0 Å². The number of nitrogens with zero attached hydrogens (tertiary/aromatic N) is 3. The highest BCUT2D eigenvalue weighted by molar-refractivity contribution is 7.98. The van der Waals surface area contributed by atoms with E-state index in [9.17, 15) is 4.79 Å². The zero-order chi connectivity index (χ0) is 16.8. The maximum Gasteiger partial charge on any atom is 0.269 e. The summed E-state index contributed by atoms with van der Waals surface area (Å²) >= 11 is 1.88. The summed E-state index contributed by atoms with van der Waals surface area (Å²) in [6, 6.07) is 5.79. The van der Waals surface area contributed by atoms with Gasteiger partial charge in [0, 0.05) is 49.4 Å². The molecule has 24 heavy (non-hydrogen) atoms. The van der Waals surface area contributed by atoms with Crippen molar-refractivity contribution in [2.24, 2.45) is 0 Å². The Morgan fingerprint density at radius 2 is 2.12 bits per heavy atom. The topological polar surface area (TPSA) is 73.9 Å². The van der Waals surface area contributed by atoms with E-state index >= 15 is 0 Å². The third-order valence-electron chi connectivity index (χ3n) is 4.33. The average molecular weight is 345 g/mol. The molecule has 0 atom stereocenters. The van der Waals surface area contributed by atoms with Crippen LogP contribution in [0.5, 0.6) is 0 Å². The van der Waals surface area contributed by atoms with Crippen molar-refractivity contribution in [1.29, 1.82) is 0 Å². The maximum absolute atomic E-state index is 12.4. The van der Waals surface area contributed by atoms with E-state index in [2.05, 4.69) is 31.7 Å². The Bertz CT molecular complexity index is 652. The molecule has 1 amide bonds. The van der Waals surface area contributed by atoms with Crippen LogP contribution in [0.15, 0.2) is 30.6 Å². The molecular formula is C17H23N5OS. The second kappa shape index (κ2) is 8.30. The van der Waals surface area contributed by atoms with Gasteiger partial charge in [-0.05, 0) is 37.3 Å². The molecule has 6 nitrogen and oxygen atoms in total. The number of likely N-dealkylation sites (tertiary alicyclic amines) is 1. The molecule has 0 spiro atoms. The SMILES string of the molecule is CSCCN1CCC(NC(=O)c2cc(-c3ccncc3)n[nH]2)CC1. The Morgan fingerprint density at radius 1 is 1.38 bits per heavy atom. The molecule has 7 heteroatoms. The van der Waals surface area contributed by atoms with E-state index in [0.717, 1.165) is 43.7 Å². The minimum absolute atomic E-state index is 0.0784. The summed E-state index contributed by atoms with van der Waals surface area (Å²) in [7, 11) is 0. The van der Waals surface area contributed by atoms with Crippen LogP contribution in [0, 0.1) is 0 Å². The largest absolute Gasteiger partial charge is 0.348 e. The lowest BCUT2D eigenvalue weighted by atomic mass is 10.0. The van der Waals surface area contributed by atoms with Gasteiger partial charge in [-0.25, -0.2) is 0 Å². The van der Waals surface area contributed by atoms with E-state index in [-0.39, 0.29) is 11.9 Å². The fourth-order valence-corrected chi connectivity index (χ4v) is 3.33. The second-order valence-corrected chi connectivity index (χ2v) is 6.97. The molecule has 2 N–H and O–H groups in total. The van der Waals surface area contributed by atoms with Crippen molar-refractivity contribution in [3.63, 3.8) is 0 Å². The Kier molecular flexibility index (Phi) is 5.87. The summed E-state index contributed by atoms with van der Waals surface area (Å²) in [6.07, 6.45) is 7.58. The van der Waals surface area contributed by atoms with Crippen molar-refractivity contribution >= 4 is 17.7 Å². The molecule has 0 aliphatic carbocycles. The number of aromatic nitrogens is 3. The number of rotatable bonds is 6. The lowest BCUT2D eigenvalue weighted by molar-refractivity contribution is 0.0908. The van der Waals surface area contributed by atoms with Gasteiger partial charge in [-0.1, -0.05) is 0 Å². The number of aromatic amines is 1. The van der Waals surface area contributed by atoms with Crippen LogP contribution >= 0.6 is 11.8 Å². The number of hydrogen-bond acceptors (Lipinski definition) is 5. The van der Waals surface area contributed by atoms with Gasteiger partial charge in [0.2, 0.25) is 0 Å². The highest BCUT2D eigenvalue weighted by atomic mass is 32.2. The van der Waals surface area contributed by atoms with Gasteiger partial charge in [-0.2, -0.15) is 16.9 Å². The number of H-pyrrole nitrogens is 1. The van der Waals surface area contributed by atoms with Gasteiger partial charge < -0.3 is 10.2 Å². The van der Waals surface area contributed by atoms with Gasteiger partial charge in [0.15, 0.2) is 0 Å². The molecule has 1 aliphatic rings. The van der Waals surface area contributed by atoms with E-state index in [0.29, 0.717) is 5.69 Å². The smallest absolute Gasteiger partial charge is 0.269 e. The van der Waals surface area contributed by atoms with Crippen molar-refractivity contribution in [1.82, 2.24) is 25.4 Å². The van der Waals surface area contributed by atoms with E-state index in [1.54, 1.807) is 18.5 Å². The predicted octanol–water partition coefficient (Wildman–Crippen LogP) is 2.03. The highest BCUT2D eigenvalue weighted by Crippen LogP contribution is 2.17. The first-order chi connectivity index (χ1) is 11.8. The summed E-state index contributed by atoms with van der Waals surface area (Å²) in [6.45, 7) is 3.24. The number of pyridine rings is 1. The number of nitrogens with one attached hydrogen (secondary N) is 2. The third-order valence-corrected chi connectivity index (χ3v) is 4.92. The molecule has 1 aliphatic heterocycles. The lowest BCUT2D eigenvalue weighted by Crippen LogP contribution is -2.45. The summed E-state index contributed by atoms with van der Waals surface area (Å²) in [5.74, 6) is 1.09. The first kappa shape index (κ1) is 17.0. The minimum atomic E-state index is -0.0784. The van der Waals surface area contributed by atoms with E-state index in [1.807, 2.05) is 23.9 Å². The molecule has 0 unspecified atom stereocenters. The predicted molar refractivity (Wildman–Crippen MR) is 97.1 cm³/mol. The number of thioether (sulfide) groups is 1. The second-order valence-electron chi connectivity index (χ2n) is 5.98. The fraction of sp³-hybridized carbons (Fsp3) is 0.471. The van der Waals surface area contributed by atoms with Crippen LogP contribution in [0.25, 0.3) is 11.3 Å². The summed E-state index contributed by atoms with van der Waals surface area (Å²) in [5.41, 5.74) is 2.21. The third kappa shape index (κ3) is 4.36. The van der Waals surface area contributed by atoms with Crippen LogP contribution in [-0.2, 0) is 0 Å². The first-order valence-electron chi connectivity index (χ1n) is 8.24. The Labute approximate surface area is 146 Å². The Morgan fingerprint density at radius 3 is 2.83 bits per heavy atom. The van der Waals surface area contributed by atoms with Gasteiger partial charge in [0.25, 0.3) is 5.91 Å². The van der Waals surface area contributed by atoms with Gasteiger partial charge in [0.1, 0.15) is 5.69 Å². The van der Waals surface area contributed by atoms with Crippen molar-refractivity contribution in [2.45, 2.75) is 18.9 Å². The molecule has 128 valence electrons. The lowest BCUT2D eigenvalue weighted by Gasteiger charge is -2.32. The fourth-order valence-electron chi connectivity index (χ4n) is 2.89. The molecule has 0 aromatic carbocycles. The molecule has 3 heterocycles. The summed E-state index contributed by atoms with van der Waals surface area (Å²) in [4.78, 5) is 18.9. The van der Waals surface area contributed by atoms with Gasteiger partial charge in [0.05, 0.1) is 5.69 Å². The van der Waals surface area contributed by atoms with E-state index in [4.69, 9.17) is 0 Å². The average Bonchev–Trinajstić information content (AvgIpc) is 3.12. The molecule has 0 bridgehead atoms. The number of carbonyl (C=O) groups excluding carboxylic acids is 1. The first-order valence-corrected chi connectivity index (χ1v) is 9.63. The number of piperidine rings is 1. The van der Waals surface area contributed by atoms with Gasteiger partial charge >= 0.3 is 0 Å². The molecule has 1 saturated heterocycles. The summed E-state index contributed by atoms with van der Waals surface area (Å²) in [5, 5.41) is 10.2. The molecule has 2 aromatic rings. The molecule has 3 rings (SSSR count). The Balaban J connectivity index is 1.52. The zero-order valence-electron chi connectivity index (χ0n) is 13.9. The van der Waals surface area contributed by atoms with Crippen LogP contribution in [-0.4, -0.2) is 63.7 Å². The summed E-state index contributed by atoms with van der Waals surface area (Å²) < 4.78 is 0. The standard InChI is InChI=1S/C17H23N5OS/c1-24-11-10-22-8-4-14(5-9-22)19-17(23)16-12-15(20-21-16)13-2-6-18-7-3-13/h2-3,6-7,12,14H,4-5,8-11H2,1H3,(H,19,23)(H,20,21).